The molecule has 2 aromatic heterocycles. The van der Waals surface area contributed by atoms with Crippen LogP contribution in [0, 0.1) is 0 Å². The molecule has 0 bridgehead atoms. The molecular formula is C18H19N3OS. The highest BCUT2D eigenvalue weighted by atomic mass is 32.1. The average Bonchev–Trinajstić information content (AvgIpc) is 3.28. The molecular weight excluding hydrogens is 306 g/mol. The summed E-state index contributed by atoms with van der Waals surface area (Å²) in [5.74, 6) is -0.00247. The molecule has 23 heavy (non-hydrogen) atoms. The van der Waals surface area contributed by atoms with Gasteiger partial charge >= 0.3 is 0 Å². The lowest BCUT2D eigenvalue weighted by Gasteiger charge is -2.21. The summed E-state index contributed by atoms with van der Waals surface area (Å²) in [7, 11) is 0. The third kappa shape index (κ3) is 3.87. The molecule has 3 rings (SSSR count). The van der Waals surface area contributed by atoms with Crippen LogP contribution in [0.25, 0.3) is 0 Å². The van der Waals surface area contributed by atoms with Crippen molar-refractivity contribution in [2.75, 3.05) is 0 Å². The fraction of sp³-hybridized carbons (Fsp3) is 0.222. The molecule has 0 aliphatic heterocycles. The first-order valence-electron chi connectivity index (χ1n) is 7.59. The van der Waals surface area contributed by atoms with E-state index in [4.69, 9.17) is 0 Å². The van der Waals surface area contributed by atoms with Gasteiger partial charge in [0.1, 0.15) is 6.04 Å². The number of hydrogen-bond acceptors (Lipinski definition) is 3. The normalized spacial score (nSPS) is 13.4. The summed E-state index contributed by atoms with van der Waals surface area (Å²) < 4.78 is 1.81. The van der Waals surface area contributed by atoms with Crippen molar-refractivity contribution < 1.29 is 4.79 Å². The van der Waals surface area contributed by atoms with Crippen LogP contribution in [0.1, 0.15) is 29.4 Å². The molecule has 0 aliphatic carbocycles. The summed E-state index contributed by atoms with van der Waals surface area (Å²) in [6.07, 6.45) is 5.94. The van der Waals surface area contributed by atoms with Crippen molar-refractivity contribution in [2.24, 2.45) is 0 Å². The highest BCUT2D eigenvalue weighted by Gasteiger charge is 2.20. The quantitative estimate of drug-likeness (QED) is 0.752. The minimum atomic E-state index is -0.282. The molecule has 2 atom stereocenters. The molecule has 4 nitrogen and oxygen atoms in total. The van der Waals surface area contributed by atoms with E-state index in [1.54, 1.807) is 23.9 Å². The van der Waals surface area contributed by atoms with E-state index in [-0.39, 0.29) is 18.0 Å². The molecule has 1 aromatic carbocycles. The average molecular weight is 325 g/mol. The minimum absolute atomic E-state index is 0.00247. The second-order valence-corrected chi connectivity index (χ2v) is 6.43. The number of hydrogen-bond donors (Lipinski definition) is 1. The number of nitrogens with zero attached hydrogens (tertiary/aromatic N) is 2. The van der Waals surface area contributed by atoms with Crippen LogP contribution < -0.4 is 5.32 Å². The predicted octanol–water partition coefficient (Wildman–Crippen LogP) is 3.61. The Morgan fingerprint density at radius 2 is 2.09 bits per heavy atom. The van der Waals surface area contributed by atoms with Gasteiger partial charge in [0, 0.05) is 17.3 Å². The molecule has 2 unspecified atom stereocenters. The summed E-state index contributed by atoms with van der Waals surface area (Å²) >= 11 is 1.67. The Labute approximate surface area is 139 Å². The first kappa shape index (κ1) is 15.5. The van der Waals surface area contributed by atoms with Crippen LogP contribution in [0.3, 0.4) is 0 Å². The van der Waals surface area contributed by atoms with Crippen molar-refractivity contribution in [3.8, 4) is 0 Å². The first-order chi connectivity index (χ1) is 11.2. The summed E-state index contributed by atoms with van der Waals surface area (Å²) in [6, 6.07) is 14.0. The number of rotatable bonds is 6. The topological polar surface area (TPSA) is 46.9 Å². The van der Waals surface area contributed by atoms with Gasteiger partial charge < -0.3 is 9.88 Å². The van der Waals surface area contributed by atoms with E-state index < -0.39 is 0 Å². The number of aromatic nitrogens is 2. The summed E-state index contributed by atoms with van der Waals surface area (Å²) in [4.78, 5) is 17.8. The number of amides is 1. The van der Waals surface area contributed by atoms with E-state index in [2.05, 4.69) is 28.5 Å². The number of carbonyl (C=O) groups is 1. The number of nitrogens with one attached hydrogen (secondary N) is 1. The fourth-order valence-corrected chi connectivity index (χ4v) is 3.27. The second-order valence-electron chi connectivity index (χ2n) is 5.45. The Kier molecular flexibility index (Phi) is 4.88. The maximum absolute atomic E-state index is 12.6. The van der Waals surface area contributed by atoms with E-state index in [0.29, 0.717) is 0 Å². The zero-order chi connectivity index (χ0) is 16.1. The molecule has 1 amide bonds. The first-order valence-corrected chi connectivity index (χ1v) is 8.47. The molecule has 1 N–H and O–H groups in total. The smallest absolute Gasteiger partial charge is 0.243 e. The van der Waals surface area contributed by atoms with Gasteiger partial charge in [0.2, 0.25) is 5.91 Å². The Hall–Kier alpha value is -2.40. The number of carbonyl (C=O) groups excluding carboxylic acids is 1. The largest absolute Gasteiger partial charge is 0.346 e. The lowest BCUT2D eigenvalue weighted by atomic mass is 10.0. The van der Waals surface area contributed by atoms with E-state index >= 15 is 0 Å². The maximum atomic E-state index is 12.6. The van der Waals surface area contributed by atoms with Crippen molar-refractivity contribution in [1.29, 1.82) is 0 Å². The van der Waals surface area contributed by atoms with Gasteiger partial charge in [-0.05, 0) is 30.4 Å². The predicted molar refractivity (Wildman–Crippen MR) is 92.3 cm³/mol. The summed E-state index contributed by atoms with van der Waals surface area (Å²) in [5, 5.41) is 5.22. The second kappa shape index (κ2) is 7.24. The van der Waals surface area contributed by atoms with E-state index in [1.807, 2.05) is 47.3 Å². The zero-order valence-electron chi connectivity index (χ0n) is 12.9. The van der Waals surface area contributed by atoms with Crippen LogP contribution in [0.4, 0.5) is 0 Å². The van der Waals surface area contributed by atoms with Crippen molar-refractivity contribution in [1.82, 2.24) is 14.9 Å². The Bertz CT molecular complexity index is 723. The number of thiophene rings is 1. The SMILES string of the molecule is CC(C(=O)NC(Cc1ccccc1)c1cccs1)n1ccnc1. The maximum Gasteiger partial charge on any atom is 0.243 e. The third-order valence-electron chi connectivity index (χ3n) is 3.84. The third-order valence-corrected chi connectivity index (χ3v) is 4.82. The van der Waals surface area contributed by atoms with Gasteiger partial charge in [-0.3, -0.25) is 4.79 Å². The highest BCUT2D eigenvalue weighted by Crippen LogP contribution is 2.23. The van der Waals surface area contributed by atoms with Crippen LogP contribution >= 0.6 is 11.3 Å². The van der Waals surface area contributed by atoms with Crippen LogP contribution in [0.15, 0.2) is 66.6 Å². The van der Waals surface area contributed by atoms with Crippen LogP contribution in [0.5, 0.6) is 0 Å². The van der Waals surface area contributed by atoms with Gasteiger partial charge in [0.15, 0.2) is 0 Å². The van der Waals surface area contributed by atoms with Gasteiger partial charge in [0.05, 0.1) is 12.4 Å². The molecule has 0 saturated heterocycles. The van der Waals surface area contributed by atoms with E-state index in [0.717, 1.165) is 6.42 Å². The van der Waals surface area contributed by atoms with Crippen molar-refractivity contribution in [2.45, 2.75) is 25.4 Å². The molecule has 3 aromatic rings. The van der Waals surface area contributed by atoms with Crippen molar-refractivity contribution in [3.05, 3.63) is 77.0 Å². The highest BCUT2D eigenvalue weighted by molar-refractivity contribution is 7.10. The Balaban J connectivity index is 1.75. The molecule has 0 radical (unpaired) electrons. The molecule has 0 saturated carbocycles. The zero-order valence-corrected chi connectivity index (χ0v) is 13.7. The van der Waals surface area contributed by atoms with Crippen molar-refractivity contribution >= 4 is 17.2 Å². The lowest BCUT2D eigenvalue weighted by molar-refractivity contribution is -0.124. The molecule has 5 heteroatoms. The summed E-state index contributed by atoms with van der Waals surface area (Å²) in [5.41, 5.74) is 1.21. The van der Waals surface area contributed by atoms with Gasteiger partial charge in [0.25, 0.3) is 0 Å². The molecule has 2 heterocycles. The van der Waals surface area contributed by atoms with Crippen molar-refractivity contribution in [3.63, 3.8) is 0 Å². The summed E-state index contributed by atoms with van der Waals surface area (Å²) in [6.45, 7) is 1.88. The fourth-order valence-electron chi connectivity index (χ4n) is 2.49. The van der Waals surface area contributed by atoms with Gasteiger partial charge in [-0.2, -0.15) is 0 Å². The number of benzene rings is 1. The Morgan fingerprint density at radius 1 is 1.26 bits per heavy atom. The molecule has 0 spiro atoms. The Morgan fingerprint density at radius 3 is 2.74 bits per heavy atom. The molecule has 118 valence electrons. The van der Waals surface area contributed by atoms with Crippen LogP contribution in [-0.4, -0.2) is 15.5 Å². The number of imidazole rings is 1. The monoisotopic (exact) mass is 325 g/mol. The van der Waals surface area contributed by atoms with Gasteiger partial charge in [-0.15, -0.1) is 11.3 Å². The molecule has 0 fully saturated rings. The van der Waals surface area contributed by atoms with Gasteiger partial charge in [-0.25, -0.2) is 4.98 Å². The molecule has 0 aliphatic rings. The van der Waals surface area contributed by atoms with E-state index in [1.165, 1.54) is 10.4 Å². The minimum Gasteiger partial charge on any atom is -0.346 e. The van der Waals surface area contributed by atoms with Crippen LogP contribution in [-0.2, 0) is 11.2 Å². The lowest BCUT2D eigenvalue weighted by Crippen LogP contribution is -2.34. The van der Waals surface area contributed by atoms with E-state index in [9.17, 15) is 4.79 Å². The standard InChI is InChI=1S/C18H19N3OS/c1-14(21-10-9-19-13-21)18(22)20-16(17-8-5-11-23-17)12-15-6-3-2-4-7-15/h2-11,13-14,16H,12H2,1H3,(H,20,22). The van der Waals surface area contributed by atoms with Crippen LogP contribution in [0.2, 0.25) is 0 Å². The van der Waals surface area contributed by atoms with Gasteiger partial charge in [-0.1, -0.05) is 36.4 Å².